The molecule has 112 valence electrons. The summed E-state index contributed by atoms with van der Waals surface area (Å²) in [5.41, 5.74) is -0.970. The fraction of sp³-hybridized carbons (Fsp3) is 0.500. The second kappa shape index (κ2) is 5.34. The van der Waals surface area contributed by atoms with Crippen molar-refractivity contribution in [2.24, 2.45) is 0 Å². The molecule has 0 unspecified atom stereocenters. The highest BCUT2D eigenvalue weighted by molar-refractivity contribution is 7.89. The van der Waals surface area contributed by atoms with Crippen LogP contribution in [-0.2, 0) is 16.2 Å². The molecule has 20 heavy (non-hydrogen) atoms. The average molecular weight is 308 g/mol. The van der Waals surface area contributed by atoms with E-state index in [1.165, 1.54) is 0 Å². The van der Waals surface area contributed by atoms with Gasteiger partial charge in [0.25, 0.3) is 0 Å². The molecule has 0 radical (unpaired) electrons. The second-order valence-corrected chi connectivity index (χ2v) is 6.51. The zero-order valence-corrected chi connectivity index (χ0v) is 11.6. The Labute approximate surface area is 115 Å². The van der Waals surface area contributed by atoms with E-state index in [1.807, 2.05) is 0 Å². The molecule has 1 aliphatic carbocycles. The molecule has 1 aliphatic rings. The summed E-state index contributed by atoms with van der Waals surface area (Å²) in [4.78, 5) is -0.361. The van der Waals surface area contributed by atoms with E-state index in [-0.39, 0.29) is 17.0 Å². The molecule has 1 aromatic carbocycles. The third-order valence-corrected chi connectivity index (χ3v) is 4.86. The molecule has 4 nitrogen and oxygen atoms in total. The molecule has 1 fully saturated rings. The third kappa shape index (κ3) is 3.31. The van der Waals surface area contributed by atoms with E-state index in [1.54, 1.807) is 7.05 Å². The zero-order valence-electron chi connectivity index (χ0n) is 10.7. The van der Waals surface area contributed by atoms with E-state index in [9.17, 15) is 21.6 Å². The lowest BCUT2D eigenvalue weighted by atomic mass is 9.88. The number of hydrogen-bond donors (Lipinski definition) is 2. The number of hydrogen-bond acceptors (Lipinski definition) is 3. The van der Waals surface area contributed by atoms with Crippen LogP contribution in [0.3, 0.4) is 0 Å². The zero-order chi connectivity index (χ0) is 15.0. The van der Waals surface area contributed by atoms with Crippen LogP contribution in [0.25, 0.3) is 0 Å². The lowest BCUT2D eigenvalue weighted by molar-refractivity contribution is -0.137. The number of alkyl halides is 3. The quantitative estimate of drug-likeness (QED) is 0.891. The van der Waals surface area contributed by atoms with Crippen molar-refractivity contribution in [3.63, 3.8) is 0 Å². The number of nitrogens with one attached hydrogen (secondary N) is 2. The van der Waals surface area contributed by atoms with Crippen molar-refractivity contribution in [2.45, 2.75) is 36.0 Å². The molecule has 2 rings (SSSR count). The van der Waals surface area contributed by atoms with E-state index < -0.39 is 21.8 Å². The SMILES string of the molecule is CN[C@H]1C[C@@H](NS(=O)(=O)c2cccc(C(F)(F)F)c2)C1. The van der Waals surface area contributed by atoms with Crippen molar-refractivity contribution in [3.8, 4) is 0 Å². The molecular weight excluding hydrogens is 293 g/mol. The van der Waals surface area contributed by atoms with Crippen molar-refractivity contribution < 1.29 is 21.6 Å². The second-order valence-electron chi connectivity index (χ2n) is 4.80. The van der Waals surface area contributed by atoms with Gasteiger partial charge in [0.05, 0.1) is 10.5 Å². The predicted octanol–water partition coefficient (Wildman–Crippen LogP) is 1.73. The molecule has 0 spiro atoms. The molecule has 0 atom stereocenters. The van der Waals surface area contributed by atoms with Gasteiger partial charge in [-0.3, -0.25) is 0 Å². The van der Waals surface area contributed by atoms with E-state index in [0.29, 0.717) is 18.9 Å². The van der Waals surface area contributed by atoms with E-state index in [0.717, 1.165) is 18.2 Å². The Morgan fingerprint density at radius 3 is 2.40 bits per heavy atom. The molecule has 0 bridgehead atoms. The first-order valence-electron chi connectivity index (χ1n) is 6.09. The lowest BCUT2D eigenvalue weighted by Gasteiger charge is -2.35. The van der Waals surface area contributed by atoms with Gasteiger partial charge in [-0.1, -0.05) is 6.07 Å². The highest BCUT2D eigenvalue weighted by Crippen LogP contribution is 2.30. The Balaban J connectivity index is 2.14. The van der Waals surface area contributed by atoms with Crippen molar-refractivity contribution in [1.29, 1.82) is 0 Å². The van der Waals surface area contributed by atoms with Gasteiger partial charge in [-0.05, 0) is 38.1 Å². The van der Waals surface area contributed by atoms with Gasteiger partial charge in [0, 0.05) is 12.1 Å². The summed E-state index contributed by atoms with van der Waals surface area (Å²) < 4.78 is 64.1. The molecule has 1 aromatic rings. The summed E-state index contributed by atoms with van der Waals surface area (Å²) in [6, 6.07) is 3.77. The van der Waals surface area contributed by atoms with Gasteiger partial charge in [0.2, 0.25) is 10.0 Å². The number of benzene rings is 1. The highest BCUT2D eigenvalue weighted by Gasteiger charge is 2.34. The van der Waals surface area contributed by atoms with Gasteiger partial charge in [0.1, 0.15) is 0 Å². The highest BCUT2D eigenvalue weighted by atomic mass is 32.2. The van der Waals surface area contributed by atoms with E-state index >= 15 is 0 Å². The minimum atomic E-state index is -4.56. The normalized spacial score (nSPS) is 23.4. The van der Waals surface area contributed by atoms with Crippen LogP contribution in [0, 0.1) is 0 Å². The minimum Gasteiger partial charge on any atom is -0.317 e. The monoisotopic (exact) mass is 308 g/mol. The molecule has 0 heterocycles. The smallest absolute Gasteiger partial charge is 0.317 e. The van der Waals surface area contributed by atoms with Gasteiger partial charge in [-0.15, -0.1) is 0 Å². The molecule has 0 saturated heterocycles. The van der Waals surface area contributed by atoms with Crippen LogP contribution in [0.4, 0.5) is 13.2 Å². The Hall–Kier alpha value is -1.12. The summed E-state index contributed by atoms with van der Waals surface area (Å²) in [6.45, 7) is 0. The summed E-state index contributed by atoms with van der Waals surface area (Å²) in [7, 11) is -2.13. The van der Waals surface area contributed by atoms with Crippen LogP contribution in [0.5, 0.6) is 0 Å². The van der Waals surface area contributed by atoms with Crippen LogP contribution in [0.2, 0.25) is 0 Å². The largest absolute Gasteiger partial charge is 0.416 e. The lowest BCUT2D eigenvalue weighted by Crippen LogP contribution is -2.51. The first-order chi connectivity index (χ1) is 9.22. The minimum absolute atomic E-state index is 0.230. The van der Waals surface area contributed by atoms with Crippen molar-refractivity contribution in [2.75, 3.05) is 7.05 Å². The topological polar surface area (TPSA) is 58.2 Å². The molecule has 1 saturated carbocycles. The summed E-state index contributed by atoms with van der Waals surface area (Å²) in [6.07, 6.45) is -3.29. The van der Waals surface area contributed by atoms with Gasteiger partial charge in [0.15, 0.2) is 0 Å². The number of sulfonamides is 1. The molecular formula is C12H15F3N2O2S. The summed E-state index contributed by atoms with van der Waals surface area (Å²) >= 11 is 0. The van der Waals surface area contributed by atoms with Crippen LogP contribution in [0.15, 0.2) is 29.2 Å². The fourth-order valence-corrected chi connectivity index (χ4v) is 3.38. The van der Waals surface area contributed by atoms with Crippen molar-refractivity contribution >= 4 is 10.0 Å². The maximum Gasteiger partial charge on any atom is 0.416 e. The van der Waals surface area contributed by atoms with Crippen molar-refractivity contribution in [1.82, 2.24) is 10.0 Å². The Kier molecular flexibility index (Phi) is 4.08. The molecule has 2 N–H and O–H groups in total. The predicted molar refractivity (Wildman–Crippen MR) is 67.6 cm³/mol. The van der Waals surface area contributed by atoms with Crippen LogP contribution in [-0.4, -0.2) is 27.5 Å². The Morgan fingerprint density at radius 2 is 1.85 bits per heavy atom. The first-order valence-corrected chi connectivity index (χ1v) is 7.57. The summed E-state index contributed by atoms with van der Waals surface area (Å²) in [5, 5.41) is 3.00. The third-order valence-electron chi connectivity index (χ3n) is 3.34. The molecule has 0 amide bonds. The van der Waals surface area contributed by atoms with E-state index in [4.69, 9.17) is 0 Å². The van der Waals surface area contributed by atoms with E-state index in [2.05, 4.69) is 10.0 Å². The maximum absolute atomic E-state index is 12.6. The number of halogens is 3. The molecule has 8 heteroatoms. The average Bonchev–Trinajstić information content (AvgIpc) is 2.32. The van der Waals surface area contributed by atoms with Gasteiger partial charge in [-0.2, -0.15) is 13.2 Å². The number of rotatable bonds is 4. The van der Waals surface area contributed by atoms with Crippen LogP contribution in [0.1, 0.15) is 18.4 Å². The van der Waals surface area contributed by atoms with Gasteiger partial charge >= 0.3 is 6.18 Å². The summed E-state index contributed by atoms with van der Waals surface area (Å²) in [5.74, 6) is 0. The standard InChI is InChI=1S/C12H15F3N2O2S/c1-16-9-6-10(7-9)17-20(18,19)11-4-2-3-8(5-11)12(13,14)15/h2-5,9-10,16-17H,6-7H2,1H3/t9-,10+. The Morgan fingerprint density at radius 1 is 1.20 bits per heavy atom. The van der Waals surface area contributed by atoms with Gasteiger partial charge in [-0.25, -0.2) is 13.1 Å². The Bertz CT molecular complexity index is 581. The van der Waals surface area contributed by atoms with Crippen LogP contribution < -0.4 is 10.0 Å². The molecule has 0 aliphatic heterocycles. The van der Waals surface area contributed by atoms with Crippen molar-refractivity contribution in [3.05, 3.63) is 29.8 Å². The van der Waals surface area contributed by atoms with Crippen LogP contribution >= 0.6 is 0 Å². The first kappa shape index (κ1) is 15.3. The molecule has 0 aromatic heterocycles. The fourth-order valence-electron chi connectivity index (χ4n) is 2.08. The van der Waals surface area contributed by atoms with Gasteiger partial charge < -0.3 is 5.32 Å². The maximum atomic E-state index is 12.6.